The van der Waals surface area contributed by atoms with Crippen LogP contribution in [0.3, 0.4) is 0 Å². The molecule has 0 N–H and O–H groups in total. The van der Waals surface area contributed by atoms with E-state index in [-0.39, 0.29) is 18.6 Å². The Balaban J connectivity index is 1.23. The Kier molecular flexibility index (Phi) is 5.29. The second-order valence-electron chi connectivity index (χ2n) is 7.22. The summed E-state index contributed by atoms with van der Waals surface area (Å²) in [6, 6.07) is 10.2. The van der Waals surface area contributed by atoms with Gasteiger partial charge < -0.3 is 14.2 Å². The average Bonchev–Trinajstić information content (AvgIpc) is 3.22. The summed E-state index contributed by atoms with van der Waals surface area (Å²) < 4.78 is 10.9. The van der Waals surface area contributed by atoms with Crippen LogP contribution in [-0.2, 0) is 22.6 Å². The van der Waals surface area contributed by atoms with Crippen molar-refractivity contribution in [2.75, 3.05) is 13.2 Å². The zero-order valence-corrected chi connectivity index (χ0v) is 15.0. The molecular weight excluding hydrogens is 330 g/mol. The molecule has 26 heavy (non-hydrogen) atoms. The number of hydrogen-bond donors (Lipinski definition) is 0. The molecule has 2 fully saturated rings. The predicted molar refractivity (Wildman–Crippen MR) is 95.4 cm³/mol. The van der Waals surface area contributed by atoms with Crippen molar-refractivity contribution in [2.24, 2.45) is 0 Å². The molecule has 1 unspecified atom stereocenters. The lowest BCUT2D eigenvalue weighted by Gasteiger charge is -2.24. The Bertz CT molecular complexity index is 727. The third kappa shape index (κ3) is 4.30. The average molecular weight is 355 g/mol. The lowest BCUT2D eigenvalue weighted by atomic mass is 10.1. The Morgan fingerprint density at radius 1 is 1.23 bits per heavy atom. The van der Waals surface area contributed by atoms with E-state index in [4.69, 9.17) is 9.26 Å². The number of amides is 1. The number of likely N-dealkylation sites (tertiary alicyclic amines) is 1. The van der Waals surface area contributed by atoms with Crippen molar-refractivity contribution < 1.29 is 14.1 Å². The highest BCUT2D eigenvalue weighted by Crippen LogP contribution is 2.38. The first kappa shape index (κ1) is 17.2. The molecule has 4 rings (SSSR count). The van der Waals surface area contributed by atoms with Crippen LogP contribution >= 0.6 is 0 Å². The summed E-state index contributed by atoms with van der Waals surface area (Å²) in [5.74, 6) is 2.12. The van der Waals surface area contributed by atoms with Crippen molar-refractivity contribution in [3.05, 3.63) is 47.6 Å². The molecule has 1 aliphatic heterocycles. The number of carbonyl (C=O) groups is 1. The molecule has 1 atom stereocenters. The minimum Gasteiger partial charge on any atom is -0.367 e. The number of carbonyl (C=O) groups excluding carboxylic acids is 1. The van der Waals surface area contributed by atoms with Crippen molar-refractivity contribution >= 4 is 5.91 Å². The third-order valence-corrected chi connectivity index (χ3v) is 5.15. The summed E-state index contributed by atoms with van der Waals surface area (Å²) in [4.78, 5) is 19.0. The summed E-state index contributed by atoms with van der Waals surface area (Å²) in [5, 5.41) is 4.08. The van der Waals surface area contributed by atoms with Crippen LogP contribution in [0.4, 0.5) is 0 Å². The molecule has 1 saturated carbocycles. The van der Waals surface area contributed by atoms with Gasteiger partial charge in [0.05, 0.1) is 6.61 Å². The molecule has 1 saturated heterocycles. The normalized spacial score (nSPS) is 19.8. The van der Waals surface area contributed by atoms with E-state index in [1.54, 1.807) is 0 Å². The largest absolute Gasteiger partial charge is 0.367 e. The summed E-state index contributed by atoms with van der Waals surface area (Å²) >= 11 is 0. The van der Waals surface area contributed by atoms with E-state index >= 15 is 0 Å². The molecule has 6 heteroatoms. The highest BCUT2D eigenvalue weighted by Gasteiger charge is 2.31. The number of rotatable bonds is 8. The molecule has 0 radical (unpaired) electrons. The first-order chi connectivity index (χ1) is 12.8. The van der Waals surface area contributed by atoms with Crippen LogP contribution in [0.1, 0.15) is 55.3 Å². The van der Waals surface area contributed by atoms with Gasteiger partial charge in [0.1, 0.15) is 6.61 Å². The fourth-order valence-corrected chi connectivity index (χ4v) is 3.54. The van der Waals surface area contributed by atoms with Gasteiger partial charge in [-0.15, -0.1) is 0 Å². The number of nitrogens with zero attached hydrogens (tertiary/aromatic N) is 3. The van der Waals surface area contributed by atoms with Crippen molar-refractivity contribution in [1.82, 2.24) is 15.0 Å². The Labute approximate surface area is 153 Å². The first-order valence-electron chi connectivity index (χ1n) is 9.53. The van der Waals surface area contributed by atoms with Gasteiger partial charge in [0.15, 0.2) is 5.82 Å². The van der Waals surface area contributed by atoms with Gasteiger partial charge in [-0.3, -0.25) is 4.79 Å². The minimum absolute atomic E-state index is 0.0789. The molecule has 1 amide bonds. The van der Waals surface area contributed by atoms with Crippen LogP contribution in [0, 0.1) is 0 Å². The number of aryl methyl sites for hydroxylation is 1. The van der Waals surface area contributed by atoms with E-state index in [0.29, 0.717) is 12.5 Å². The predicted octanol–water partition coefficient (Wildman–Crippen LogP) is 3.09. The zero-order chi connectivity index (χ0) is 17.8. The molecule has 2 aromatic rings. The van der Waals surface area contributed by atoms with Crippen LogP contribution in [0.2, 0.25) is 0 Å². The van der Waals surface area contributed by atoms with Gasteiger partial charge in [0, 0.05) is 24.9 Å². The molecule has 2 aliphatic rings. The van der Waals surface area contributed by atoms with Crippen LogP contribution in [0.15, 0.2) is 34.9 Å². The molecule has 0 spiro atoms. The van der Waals surface area contributed by atoms with Crippen LogP contribution in [0.5, 0.6) is 0 Å². The number of ether oxygens (including phenoxy) is 1. The van der Waals surface area contributed by atoms with Gasteiger partial charge >= 0.3 is 0 Å². The Morgan fingerprint density at radius 2 is 2.08 bits per heavy atom. The number of benzene rings is 1. The van der Waals surface area contributed by atoms with E-state index in [0.717, 1.165) is 62.3 Å². The summed E-state index contributed by atoms with van der Waals surface area (Å²) in [5.41, 5.74) is 1.09. The van der Waals surface area contributed by atoms with Crippen molar-refractivity contribution in [1.29, 1.82) is 0 Å². The quantitative estimate of drug-likeness (QED) is 0.728. The summed E-state index contributed by atoms with van der Waals surface area (Å²) in [6.07, 6.45) is 6.06. The number of aromatic nitrogens is 2. The van der Waals surface area contributed by atoms with E-state index in [2.05, 4.69) is 10.1 Å². The topological polar surface area (TPSA) is 68.5 Å². The molecule has 1 aromatic heterocycles. The lowest BCUT2D eigenvalue weighted by Crippen LogP contribution is -2.38. The van der Waals surface area contributed by atoms with Gasteiger partial charge in [0.2, 0.25) is 11.8 Å². The smallest absolute Gasteiger partial charge is 0.248 e. The van der Waals surface area contributed by atoms with Gasteiger partial charge in [-0.2, -0.15) is 4.98 Å². The lowest BCUT2D eigenvalue weighted by molar-refractivity contribution is -0.137. The molecular formula is C20H25N3O3. The maximum atomic E-state index is 12.5. The number of hydrogen-bond acceptors (Lipinski definition) is 5. The standard InChI is InChI=1S/C20H25N3O3/c24-19(14-25-13-15-5-2-1-3-6-15)23-12-4-7-17(23)10-11-18-21-20(26-22-18)16-8-9-16/h1-3,5-6,16-17H,4,7-14H2. The maximum absolute atomic E-state index is 12.5. The fraction of sp³-hybridized carbons (Fsp3) is 0.550. The van der Waals surface area contributed by atoms with E-state index in [1.165, 1.54) is 0 Å². The molecule has 2 heterocycles. The molecule has 6 nitrogen and oxygen atoms in total. The molecule has 1 aromatic carbocycles. The second kappa shape index (κ2) is 7.99. The molecule has 1 aliphatic carbocycles. The van der Waals surface area contributed by atoms with Crippen molar-refractivity contribution in [3.8, 4) is 0 Å². The van der Waals surface area contributed by atoms with Crippen LogP contribution < -0.4 is 0 Å². The van der Waals surface area contributed by atoms with Crippen LogP contribution in [-0.4, -0.2) is 40.1 Å². The van der Waals surface area contributed by atoms with Crippen molar-refractivity contribution in [2.45, 2.75) is 57.1 Å². The molecule has 138 valence electrons. The van der Waals surface area contributed by atoms with E-state index in [9.17, 15) is 4.79 Å². The summed E-state index contributed by atoms with van der Waals surface area (Å²) in [7, 11) is 0. The van der Waals surface area contributed by atoms with Gasteiger partial charge in [-0.1, -0.05) is 35.5 Å². The summed E-state index contributed by atoms with van der Waals surface area (Å²) in [6.45, 7) is 1.43. The first-order valence-corrected chi connectivity index (χ1v) is 9.53. The highest BCUT2D eigenvalue weighted by molar-refractivity contribution is 5.78. The SMILES string of the molecule is O=C(COCc1ccccc1)N1CCCC1CCc1noc(C2CC2)n1. The van der Waals surface area contributed by atoms with Gasteiger partial charge in [-0.25, -0.2) is 0 Å². The van der Waals surface area contributed by atoms with Crippen LogP contribution in [0.25, 0.3) is 0 Å². The molecule has 0 bridgehead atoms. The Hall–Kier alpha value is -2.21. The zero-order valence-electron chi connectivity index (χ0n) is 15.0. The third-order valence-electron chi connectivity index (χ3n) is 5.15. The Morgan fingerprint density at radius 3 is 2.88 bits per heavy atom. The monoisotopic (exact) mass is 355 g/mol. The second-order valence-corrected chi connectivity index (χ2v) is 7.22. The van der Waals surface area contributed by atoms with E-state index in [1.807, 2.05) is 35.2 Å². The van der Waals surface area contributed by atoms with Gasteiger partial charge in [0.25, 0.3) is 0 Å². The fourth-order valence-electron chi connectivity index (χ4n) is 3.54. The maximum Gasteiger partial charge on any atom is 0.248 e. The van der Waals surface area contributed by atoms with Crippen molar-refractivity contribution in [3.63, 3.8) is 0 Å². The minimum atomic E-state index is 0.0789. The van der Waals surface area contributed by atoms with E-state index < -0.39 is 0 Å². The van der Waals surface area contributed by atoms with Gasteiger partial charge in [-0.05, 0) is 37.7 Å². The highest BCUT2D eigenvalue weighted by atomic mass is 16.5.